The Morgan fingerprint density at radius 2 is 2.03 bits per heavy atom. The first kappa shape index (κ1) is 22.5. The van der Waals surface area contributed by atoms with Crippen LogP contribution in [0, 0.1) is 5.82 Å². The molecule has 33 heavy (non-hydrogen) atoms. The molecule has 1 aliphatic heterocycles. The highest BCUT2D eigenvalue weighted by Crippen LogP contribution is 2.26. The van der Waals surface area contributed by atoms with Gasteiger partial charge in [0.05, 0.1) is 23.7 Å². The molecule has 0 atom stereocenters. The molecule has 9 nitrogen and oxygen atoms in total. The molecule has 10 heteroatoms. The summed E-state index contributed by atoms with van der Waals surface area (Å²) in [4.78, 5) is 33.1. The lowest BCUT2D eigenvalue weighted by molar-refractivity contribution is 0.0695. The lowest BCUT2D eigenvalue weighted by Crippen LogP contribution is -2.48. The Labute approximate surface area is 189 Å². The lowest BCUT2D eigenvalue weighted by Gasteiger charge is -2.36. The number of nitrogens with zero attached hydrogens (tertiary/aromatic N) is 4. The van der Waals surface area contributed by atoms with Crippen molar-refractivity contribution in [2.45, 2.75) is 13.5 Å². The molecule has 0 radical (unpaired) electrons. The van der Waals surface area contributed by atoms with E-state index in [0.29, 0.717) is 50.5 Å². The van der Waals surface area contributed by atoms with Crippen molar-refractivity contribution < 1.29 is 23.5 Å². The quantitative estimate of drug-likeness (QED) is 0.431. The van der Waals surface area contributed by atoms with E-state index in [0.717, 1.165) is 17.3 Å². The van der Waals surface area contributed by atoms with Crippen LogP contribution in [0.25, 0.3) is 10.9 Å². The molecule has 1 aromatic carbocycles. The number of carbonyl (C=O) groups is 1. The molecule has 0 saturated carbocycles. The van der Waals surface area contributed by atoms with Crippen LogP contribution >= 0.6 is 0 Å². The van der Waals surface area contributed by atoms with Gasteiger partial charge in [-0.15, -0.1) is 0 Å². The number of oxime groups is 1. The first-order valence-electron chi connectivity index (χ1n) is 10.6. The van der Waals surface area contributed by atoms with Gasteiger partial charge < -0.3 is 23.8 Å². The number of aromatic nitrogens is 1. The van der Waals surface area contributed by atoms with Gasteiger partial charge in [-0.2, -0.15) is 0 Å². The van der Waals surface area contributed by atoms with Crippen molar-refractivity contribution in [3.8, 4) is 0 Å². The summed E-state index contributed by atoms with van der Waals surface area (Å²) < 4.78 is 21.9. The minimum atomic E-state index is -1.32. The second-order valence-electron chi connectivity index (χ2n) is 7.78. The Hall–Kier alpha value is -3.66. The summed E-state index contributed by atoms with van der Waals surface area (Å²) in [5.41, 5.74) is 1.46. The van der Waals surface area contributed by atoms with Crippen molar-refractivity contribution in [1.82, 2.24) is 9.47 Å². The SMILES string of the molecule is CCn1cc(C(=O)O)c(=O)c2cc(F)c(N3CCN(C/C(=N/OC)c4ccoc4)CC3)cc21. The normalized spacial score (nSPS) is 15.2. The van der Waals surface area contributed by atoms with Crippen molar-refractivity contribution in [2.75, 3.05) is 44.7 Å². The van der Waals surface area contributed by atoms with E-state index < -0.39 is 17.2 Å². The number of benzene rings is 1. The molecule has 2 aromatic heterocycles. The van der Waals surface area contributed by atoms with E-state index in [9.17, 15) is 14.7 Å². The smallest absolute Gasteiger partial charge is 0.341 e. The van der Waals surface area contributed by atoms with Gasteiger partial charge in [0.25, 0.3) is 0 Å². The fourth-order valence-electron chi connectivity index (χ4n) is 4.13. The average Bonchev–Trinajstić information content (AvgIpc) is 3.34. The number of hydrogen-bond acceptors (Lipinski definition) is 7. The Balaban J connectivity index is 1.56. The van der Waals surface area contributed by atoms with E-state index in [1.54, 1.807) is 23.2 Å². The number of carboxylic acids is 1. The van der Waals surface area contributed by atoms with Gasteiger partial charge >= 0.3 is 5.97 Å². The fourth-order valence-corrected chi connectivity index (χ4v) is 4.13. The number of halogens is 1. The summed E-state index contributed by atoms with van der Waals surface area (Å²) in [5, 5.41) is 13.5. The standard InChI is InChI=1S/C23H25FN4O5/c1-3-27-12-17(23(30)31)22(29)16-10-18(24)21(11-20(16)27)28-7-5-26(6-8-28)13-19(25-32-2)15-4-9-33-14-15/h4,9-12,14H,3,5-8,13H2,1-2H3,(H,30,31)/b25-19-. The van der Waals surface area contributed by atoms with Crippen LogP contribution in [0.15, 0.2) is 51.3 Å². The molecule has 174 valence electrons. The number of furan rings is 1. The highest BCUT2D eigenvalue weighted by molar-refractivity contribution is 6.01. The zero-order valence-corrected chi connectivity index (χ0v) is 18.5. The van der Waals surface area contributed by atoms with Gasteiger partial charge in [0.1, 0.15) is 24.2 Å². The third-order valence-electron chi connectivity index (χ3n) is 5.86. The van der Waals surface area contributed by atoms with Gasteiger partial charge in [-0.25, -0.2) is 9.18 Å². The highest BCUT2D eigenvalue weighted by Gasteiger charge is 2.23. The summed E-state index contributed by atoms with van der Waals surface area (Å²) in [6.07, 6.45) is 4.51. The maximum Gasteiger partial charge on any atom is 0.341 e. The van der Waals surface area contributed by atoms with E-state index in [-0.39, 0.29) is 10.9 Å². The van der Waals surface area contributed by atoms with Gasteiger partial charge in [-0.3, -0.25) is 9.69 Å². The molecule has 0 unspecified atom stereocenters. The Bertz CT molecular complexity index is 1240. The number of anilines is 1. The molecule has 1 fully saturated rings. The number of aryl methyl sites for hydroxylation is 1. The third-order valence-corrected chi connectivity index (χ3v) is 5.86. The van der Waals surface area contributed by atoms with Crippen molar-refractivity contribution >= 4 is 28.3 Å². The first-order chi connectivity index (χ1) is 15.9. The molecule has 0 spiro atoms. The Morgan fingerprint density at radius 1 is 1.27 bits per heavy atom. The molecule has 1 N–H and O–H groups in total. The summed E-state index contributed by atoms with van der Waals surface area (Å²) >= 11 is 0. The van der Waals surface area contributed by atoms with E-state index in [4.69, 9.17) is 9.25 Å². The first-order valence-corrected chi connectivity index (χ1v) is 10.6. The summed E-state index contributed by atoms with van der Waals surface area (Å²) in [5.74, 6) is -1.87. The molecular weight excluding hydrogens is 431 g/mol. The largest absolute Gasteiger partial charge is 0.477 e. The van der Waals surface area contributed by atoms with E-state index in [1.165, 1.54) is 13.3 Å². The van der Waals surface area contributed by atoms with Crippen LogP contribution in [0.2, 0.25) is 0 Å². The summed E-state index contributed by atoms with van der Waals surface area (Å²) in [6.45, 7) is 5.37. The van der Waals surface area contributed by atoms with Crippen LogP contribution in [0.3, 0.4) is 0 Å². The number of aromatic carboxylic acids is 1. The number of pyridine rings is 1. The van der Waals surface area contributed by atoms with Crippen molar-refractivity contribution in [3.63, 3.8) is 0 Å². The number of hydrogen-bond donors (Lipinski definition) is 1. The predicted molar refractivity (Wildman–Crippen MR) is 122 cm³/mol. The van der Waals surface area contributed by atoms with E-state index >= 15 is 4.39 Å². The van der Waals surface area contributed by atoms with E-state index in [1.807, 2.05) is 17.9 Å². The van der Waals surface area contributed by atoms with Crippen molar-refractivity contribution in [1.29, 1.82) is 0 Å². The van der Waals surface area contributed by atoms with Gasteiger partial charge in [-0.05, 0) is 25.1 Å². The second kappa shape index (κ2) is 9.45. The molecule has 0 aliphatic carbocycles. The molecule has 1 saturated heterocycles. The Morgan fingerprint density at radius 3 is 2.64 bits per heavy atom. The molecule has 0 bridgehead atoms. The second-order valence-corrected chi connectivity index (χ2v) is 7.78. The molecule has 3 aromatic rings. The third kappa shape index (κ3) is 4.47. The minimum Gasteiger partial charge on any atom is -0.477 e. The number of piperazine rings is 1. The molecule has 4 rings (SSSR count). The van der Waals surface area contributed by atoms with Gasteiger partial charge in [0.15, 0.2) is 0 Å². The summed E-state index contributed by atoms with van der Waals surface area (Å²) in [7, 11) is 1.50. The highest BCUT2D eigenvalue weighted by atomic mass is 19.1. The van der Waals surface area contributed by atoms with E-state index in [2.05, 4.69) is 10.1 Å². The number of carboxylic acid groups (broad SMARTS) is 1. The minimum absolute atomic E-state index is 0.0668. The average molecular weight is 456 g/mol. The van der Waals surface area contributed by atoms with Crippen LogP contribution in [0.5, 0.6) is 0 Å². The molecular formula is C23H25FN4O5. The topological polar surface area (TPSA) is 101 Å². The molecule has 1 aliphatic rings. The van der Waals surface area contributed by atoms with Crippen LogP contribution in [-0.4, -0.2) is 66.1 Å². The van der Waals surface area contributed by atoms with Gasteiger partial charge in [0.2, 0.25) is 5.43 Å². The maximum atomic E-state index is 15.0. The van der Waals surface area contributed by atoms with Gasteiger partial charge in [0, 0.05) is 56.4 Å². The number of rotatable bonds is 7. The van der Waals surface area contributed by atoms with Gasteiger partial charge in [-0.1, -0.05) is 5.16 Å². The zero-order chi connectivity index (χ0) is 23.5. The summed E-state index contributed by atoms with van der Waals surface area (Å²) in [6, 6.07) is 4.61. The lowest BCUT2D eigenvalue weighted by atomic mass is 10.1. The monoisotopic (exact) mass is 456 g/mol. The fraction of sp³-hybridized carbons (Fsp3) is 0.348. The predicted octanol–water partition coefficient (Wildman–Crippen LogP) is 2.62. The van der Waals surface area contributed by atoms with Crippen molar-refractivity contribution in [3.05, 3.63) is 64.1 Å². The zero-order valence-electron chi connectivity index (χ0n) is 18.5. The van der Waals surface area contributed by atoms with Crippen LogP contribution < -0.4 is 10.3 Å². The van der Waals surface area contributed by atoms with Crippen molar-refractivity contribution in [2.24, 2.45) is 5.16 Å². The van der Waals surface area contributed by atoms with Crippen LogP contribution in [-0.2, 0) is 11.4 Å². The molecule has 0 amide bonds. The number of fused-ring (bicyclic) bond motifs is 1. The van der Waals surface area contributed by atoms with Crippen LogP contribution in [0.1, 0.15) is 22.8 Å². The molecule has 3 heterocycles. The maximum absolute atomic E-state index is 15.0. The Kier molecular flexibility index (Phi) is 6.45. The van der Waals surface area contributed by atoms with Crippen LogP contribution in [0.4, 0.5) is 10.1 Å².